The van der Waals surface area contributed by atoms with Crippen molar-refractivity contribution in [1.29, 1.82) is 0 Å². The number of oxime groups is 3. The van der Waals surface area contributed by atoms with Gasteiger partial charge in [-0.1, -0.05) is 39.7 Å². The number of nitrogens with zero attached hydrogens (tertiary/aromatic N) is 3. The highest BCUT2D eigenvalue weighted by molar-refractivity contribution is 5.91. The van der Waals surface area contributed by atoms with Gasteiger partial charge >= 0.3 is 17.6 Å². The standard InChI is InChI=1S/C25H23N5O9/c31-22-9-21(29-25(36)30-22)12-28-39-15-18(13-37-26-10-16-3-1-5-19(7-16)23(32)33)14-38-27-11-17-4-2-6-20(8-17)24(34)35/h1-12,18H,13-15H2,(H,32,33)(H,34,35)(H2,29,30,31,36)/b26-10+,27-11+,28-12+. The van der Waals surface area contributed by atoms with E-state index in [1.165, 1.54) is 36.7 Å². The van der Waals surface area contributed by atoms with Gasteiger partial charge in [0.25, 0.3) is 5.56 Å². The predicted octanol–water partition coefficient (Wildman–Crippen LogP) is 1.53. The third kappa shape index (κ3) is 9.80. The van der Waals surface area contributed by atoms with Crippen LogP contribution in [-0.2, 0) is 14.5 Å². The molecule has 0 saturated carbocycles. The van der Waals surface area contributed by atoms with E-state index in [0.29, 0.717) is 11.1 Å². The van der Waals surface area contributed by atoms with Crippen LogP contribution in [-0.4, -0.2) is 70.6 Å². The van der Waals surface area contributed by atoms with Crippen LogP contribution in [0.3, 0.4) is 0 Å². The molecule has 1 heterocycles. The Balaban J connectivity index is 1.59. The SMILES string of the molecule is O=C(O)c1cccc(/C=N/OCC(CO/N=C/c2cccc(C(=O)O)c2)CO/N=C/c2cc(=O)[nH]c(=O)[nH]2)c1. The number of carbonyl (C=O) groups is 2. The lowest BCUT2D eigenvalue weighted by Gasteiger charge is -2.12. The zero-order valence-electron chi connectivity index (χ0n) is 20.2. The molecule has 0 saturated heterocycles. The topological polar surface area (TPSA) is 205 Å². The van der Waals surface area contributed by atoms with Gasteiger partial charge in [-0.05, 0) is 35.4 Å². The maximum atomic E-state index is 11.4. The molecule has 2 aromatic carbocycles. The maximum absolute atomic E-state index is 11.4. The minimum Gasteiger partial charge on any atom is -0.478 e. The van der Waals surface area contributed by atoms with Crippen molar-refractivity contribution < 1.29 is 34.3 Å². The molecule has 0 bridgehead atoms. The Labute approximate surface area is 219 Å². The lowest BCUT2D eigenvalue weighted by Crippen LogP contribution is -2.23. The summed E-state index contributed by atoms with van der Waals surface area (Å²) in [4.78, 5) is 65.1. The van der Waals surface area contributed by atoms with Gasteiger partial charge in [0.1, 0.15) is 19.8 Å². The van der Waals surface area contributed by atoms with E-state index in [1.54, 1.807) is 24.3 Å². The molecule has 0 unspecified atom stereocenters. The van der Waals surface area contributed by atoms with Crippen molar-refractivity contribution in [2.75, 3.05) is 19.8 Å². The van der Waals surface area contributed by atoms with Crippen molar-refractivity contribution in [3.05, 3.63) is 103 Å². The summed E-state index contributed by atoms with van der Waals surface area (Å²) >= 11 is 0. The third-order valence-corrected chi connectivity index (χ3v) is 4.80. The number of rotatable bonds is 14. The fourth-order valence-corrected chi connectivity index (χ4v) is 2.94. The summed E-state index contributed by atoms with van der Waals surface area (Å²) in [5.74, 6) is -2.59. The van der Waals surface area contributed by atoms with Gasteiger partial charge < -0.3 is 29.7 Å². The maximum Gasteiger partial charge on any atom is 0.335 e. The molecule has 1 aromatic heterocycles. The summed E-state index contributed by atoms with van der Waals surface area (Å²) < 4.78 is 0. The molecule has 0 radical (unpaired) electrons. The Kier molecular flexibility index (Phi) is 10.3. The third-order valence-electron chi connectivity index (χ3n) is 4.80. The number of aromatic carboxylic acids is 2. The normalized spacial score (nSPS) is 11.4. The molecule has 14 nitrogen and oxygen atoms in total. The number of nitrogens with one attached hydrogen (secondary N) is 2. The average Bonchev–Trinajstić information content (AvgIpc) is 2.90. The number of aromatic amines is 2. The van der Waals surface area contributed by atoms with Gasteiger partial charge in [0.05, 0.1) is 41.4 Å². The molecule has 0 aliphatic heterocycles. The van der Waals surface area contributed by atoms with Gasteiger partial charge in [0, 0.05) is 6.07 Å². The summed E-state index contributed by atoms with van der Waals surface area (Å²) in [5.41, 5.74) is 0.0804. The van der Waals surface area contributed by atoms with Crippen LogP contribution >= 0.6 is 0 Å². The minimum absolute atomic E-state index is 0.00347. The number of hydrogen-bond acceptors (Lipinski definition) is 10. The number of carboxylic acid groups (broad SMARTS) is 2. The van der Waals surface area contributed by atoms with Gasteiger partial charge in [0.2, 0.25) is 0 Å². The minimum atomic E-state index is -1.07. The average molecular weight is 537 g/mol. The molecular formula is C25H23N5O9. The summed E-state index contributed by atoms with van der Waals surface area (Å²) in [5, 5.41) is 29.6. The molecular weight excluding hydrogens is 514 g/mol. The quantitative estimate of drug-likeness (QED) is 0.173. The second kappa shape index (κ2) is 14.3. The largest absolute Gasteiger partial charge is 0.478 e. The van der Waals surface area contributed by atoms with Crippen molar-refractivity contribution in [1.82, 2.24) is 9.97 Å². The number of aromatic nitrogens is 2. The van der Waals surface area contributed by atoms with Crippen molar-refractivity contribution in [2.24, 2.45) is 21.4 Å². The Bertz CT molecular complexity index is 1390. The highest BCUT2D eigenvalue weighted by Crippen LogP contribution is 2.06. The van der Waals surface area contributed by atoms with E-state index in [2.05, 4.69) is 20.5 Å². The summed E-state index contributed by atoms with van der Waals surface area (Å²) in [6, 6.07) is 13.4. The van der Waals surface area contributed by atoms with Gasteiger partial charge in [-0.25, -0.2) is 14.4 Å². The van der Waals surface area contributed by atoms with E-state index in [-0.39, 0.29) is 36.6 Å². The smallest absolute Gasteiger partial charge is 0.335 e. The van der Waals surface area contributed by atoms with Crippen molar-refractivity contribution in [3.63, 3.8) is 0 Å². The van der Waals surface area contributed by atoms with Crippen LogP contribution in [0.15, 0.2) is 79.7 Å². The molecule has 4 N–H and O–H groups in total. The van der Waals surface area contributed by atoms with Gasteiger partial charge in [-0.2, -0.15) is 0 Å². The van der Waals surface area contributed by atoms with E-state index < -0.39 is 29.1 Å². The lowest BCUT2D eigenvalue weighted by molar-refractivity contribution is -0.00116. The molecule has 39 heavy (non-hydrogen) atoms. The summed E-state index contributed by atoms with van der Waals surface area (Å²) in [6.45, 7) is -0.0367. The molecule has 3 aromatic rings. The molecule has 14 heteroatoms. The number of H-pyrrole nitrogens is 2. The number of hydrogen-bond donors (Lipinski definition) is 4. The van der Waals surface area contributed by atoms with Crippen molar-refractivity contribution in [2.45, 2.75) is 0 Å². The van der Waals surface area contributed by atoms with Crippen LogP contribution in [0.1, 0.15) is 37.5 Å². The highest BCUT2D eigenvalue weighted by atomic mass is 16.7. The van der Waals surface area contributed by atoms with E-state index in [4.69, 9.17) is 24.7 Å². The van der Waals surface area contributed by atoms with Crippen LogP contribution in [0.25, 0.3) is 0 Å². The fraction of sp³-hybridized carbons (Fsp3) is 0.160. The zero-order valence-corrected chi connectivity index (χ0v) is 20.2. The second-order valence-corrected chi connectivity index (χ2v) is 7.86. The van der Waals surface area contributed by atoms with Gasteiger partial charge in [-0.3, -0.25) is 9.78 Å². The molecule has 0 aliphatic rings. The van der Waals surface area contributed by atoms with Crippen LogP contribution < -0.4 is 11.2 Å². The molecule has 0 aliphatic carbocycles. The molecule has 202 valence electrons. The first-order valence-electron chi connectivity index (χ1n) is 11.3. The van der Waals surface area contributed by atoms with Gasteiger partial charge in [-0.15, -0.1) is 0 Å². The first-order chi connectivity index (χ1) is 18.8. The molecule has 0 fully saturated rings. The van der Waals surface area contributed by atoms with E-state index >= 15 is 0 Å². The van der Waals surface area contributed by atoms with E-state index in [1.807, 2.05) is 4.98 Å². The van der Waals surface area contributed by atoms with E-state index in [0.717, 1.165) is 12.3 Å². The highest BCUT2D eigenvalue weighted by Gasteiger charge is 2.12. The number of carboxylic acids is 2. The Hall–Kier alpha value is -5.53. The van der Waals surface area contributed by atoms with Gasteiger partial charge in [0.15, 0.2) is 0 Å². The first kappa shape index (κ1) is 28.0. The Morgan fingerprint density at radius 2 is 1.23 bits per heavy atom. The van der Waals surface area contributed by atoms with Crippen LogP contribution in [0.4, 0.5) is 0 Å². The van der Waals surface area contributed by atoms with E-state index in [9.17, 15) is 19.2 Å². The first-order valence-corrected chi connectivity index (χ1v) is 11.3. The second-order valence-electron chi connectivity index (χ2n) is 7.86. The molecule has 0 spiro atoms. The van der Waals surface area contributed by atoms with Crippen molar-refractivity contribution in [3.8, 4) is 0 Å². The number of benzene rings is 2. The Morgan fingerprint density at radius 3 is 1.69 bits per heavy atom. The molecule has 3 rings (SSSR count). The van der Waals surface area contributed by atoms with Crippen LogP contribution in [0.5, 0.6) is 0 Å². The predicted molar refractivity (Wildman–Crippen MR) is 139 cm³/mol. The van der Waals surface area contributed by atoms with Crippen LogP contribution in [0.2, 0.25) is 0 Å². The van der Waals surface area contributed by atoms with Crippen LogP contribution in [0, 0.1) is 5.92 Å². The fourth-order valence-electron chi connectivity index (χ4n) is 2.94. The Morgan fingerprint density at radius 1 is 0.744 bits per heavy atom. The summed E-state index contributed by atoms with van der Waals surface area (Å²) in [7, 11) is 0. The monoisotopic (exact) mass is 537 g/mol. The molecule has 0 atom stereocenters. The van der Waals surface area contributed by atoms with Crippen molar-refractivity contribution >= 4 is 30.6 Å². The molecule has 0 amide bonds. The zero-order chi connectivity index (χ0) is 28.0. The summed E-state index contributed by atoms with van der Waals surface area (Å²) in [6.07, 6.45) is 3.84. The lowest BCUT2D eigenvalue weighted by atomic mass is 10.1.